The van der Waals surface area contributed by atoms with E-state index in [1.807, 2.05) is 6.92 Å². The van der Waals surface area contributed by atoms with Crippen molar-refractivity contribution >= 4 is 16.1 Å². The van der Waals surface area contributed by atoms with Gasteiger partial charge in [-0.05, 0) is 44.2 Å². The largest absolute Gasteiger partial charge is 0.495 e. The highest BCUT2D eigenvalue weighted by Crippen LogP contribution is 2.28. The number of hydrogen-bond donors (Lipinski definition) is 0. The van der Waals surface area contributed by atoms with Crippen LogP contribution in [0.15, 0.2) is 58.2 Å². The molecule has 1 heterocycles. The van der Waals surface area contributed by atoms with E-state index in [1.165, 1.54) is 7.11 Å². The van der Waals surface area contributed by atoms with Crippen molar-refractivity contribution < 1.29 is 31.3 Å². The van der Waals surface area contributed by atoms with Crippen LogP contribution in [0.2, 0.25) is 0 Å². The number of benzene rings is 2. The lowest BCUT2D eigenvalue weighted by atomic mass is 10.2. The molecule has 0 fully saturated rings. The summed E-state index contributed by atoms with van der Waals surface area (Å²) in [5, 5.41) is 3.96. The van der Waals surface area contributed by atoms with Crippen LogP contribution in [0.25, 0.3) is 5.69 Å². The molecule has 0 saturated carbocycles. The summed E-state index contributed by atoms with van der Waals surface area (Å²) in [4.78, 5) is 24.5. The number of halogens is 1. The maximum absolute atomic E-state index is 13.7. The average Bonchev–Trinajstić information content (AvgIpc) is 2.74. The zero-order valence-electron chi connectivity index (χ0n) is 17.4. The molecule has 0 aliphatic heterocycles. The molecule has 3 aromatic rings. The van der Waals surface area contributed by atoms with Crippen molar-refractivity contribution in [1.29, 1.82) is 0 Å². The summed E-state index contributed by atoms with van der Waals surface area (Å²) in [6.07, 6.45) is 0. The van der Waals surface area contributed by atoms with Gasteiger partial charge < -0.3 is 13.7 Å². The summed E-state index contributed by atoms with van der Waals surface area (Å²) in [7, 11) is -3.52. The lowest BCUT2D eigenvalue weighted by molar-refractivity contribution is 0.0515. The predicted molar refractivity (Wildman–Crippen MR) is 111 cm³/mol. The summed E-state index contributed by atoms with van der Waals surface area (Å²) in [6.45, 7) is 3.36. The number of rotatable bonds is 7. The summed E-state index contributed by atoms with van der Waals surface area (Å²) >= 11 is 0. The number of aromatic nitrogens is 2. The van der Waals surface area contributed by atoms with Crippen LogP contribution in [0.5, 0.6) is 11.5 Å². The summed E-state index contributed by atoms with van der Waals surface area (Å²) in [5.41, 5.74) is -0.0425. The predicted octanol–water partition coefficient (Wildman–Crippen LogP) is 2.63. The Kier molecular flexibility index (Phi) is 6.58. The molecule has 0 unspecified atom stereocenters. The SMILES string of the molecule is CCOC(=O)c1nn(-c2ccc(C)cc2)c(=O)cc1OS(=O)(=O)c1cc(F)ccc1OC. The molecule has 0 atom stereocenters. The maximum atomic E-state index is 13.7. The second kappa shape index (κ2) is 9.18. The van der Waals surface area contributed by atoms with E-state index >= 15 is 0 Å². The van der Waals surface area contributed by atoms with Gasteiger partial charge in [-0.2, -0.15) is 18.2 Å². The molecule has 32 heavy (non-hydrogen) atoms. The number of aryl methyl sites for hydroxylation is 1. The minimum Gasteiger partial charge on any atom is -0.495 e. The minimum atomic E-state index is -4.71. The molecule has 0 amide bonds. The van der Waals surface area contributed by atoms with Crippen molar-refractivity contribution in [2.45, 2.75) is 18.7 Å². The topological polar surface area (TPSA) is 114 Å². The van der Waals surface area contributed by atoms with Gasteiger partial charge in [0.2, 0.25) is 5.69 Å². The Morgan fingerprint density at radius 1 is 1.09 bits per heavy atom. The van der Waals surface area contributed by atoms with Crippen LogP contribution < -0.4 is 14.5 Å². The number of carbonyl (C=O) groups excluding carboxylic acids is 1. The molecule has 0 radical (unpaired) electrons. The zero-order valence-corrected chi connectivity index (χ0v) is 18.2. The smallest absolute Gasteiger partial charge is 0.362 e. The number of nitrogens with zero attached hydrogens (tertiary/aromatic N) is 2. The number of carbonyl (C=O) groups is 1. The van der Waals surface area contributed by atoms with E-state index in [2.05, 4.69) is 5.10 Å². The average molecular weight is 462 g/mol. The van der Waals surface area contributed by atoms with E-state index in [0.717, 1.165) is 28.4 Å². The Balaban J connectivity index is 2.14. The van der Waals surface area contributed by atoms with E-state index in [9.17, 15) is 22.4 Å². The number of methoxy groups -OCH3 is 1. The fourth-order valence-electron chi connectivity index (χ4n) is 2.72. The molecule has 11 heteroatoms. The van der Waals surface area contributed by atoms with E-state index < -0.39 is 43.8 Å². The summed E-state index contributed by atoms with van der Waals surface area (Å²) in [5.74, 6) is -2.72. The highest BCUT2D eigenvalue weighted by molar-refractivity contribution is 7.87. The third kappa shape index (κ3) is 4.78. The molecule has 0 saturated heterocycles. The second-order valence-corrected chi connectivity index (χ2v) is 8.01. The lowest BCUT2D eigenvalue weighted by Crippen LogP contribution is -2.26. The van der Waals surface area contributed by atoms with Crippen molar-refractivity contribution in [3.05, 3.63) is 76.0 Å². The number of esters is 1. The molecule has 9 nitrogen and oxygen atoms in total. The maximum Gasteiger partial charge on any atom is 0.362 e. The Bertz CT molecular complexity index is 1320. The van der Waals surface area contributed by atoms with Crippen LogP contribution in [0.3, 0.4) is 0 Å². The molecular formula is C21H19FN2O7S. The van der Waals surface area contributed by atoms with Gasteiger partial charge in [0.1, 0.15) is 11.6 Å². The van der Waals surface area contributed by atoms with Gasteiger partial charge in [-0.25, -0.2) is 9.18 Å². The van der Waals surface area contributed by atoms with Crippen molar-refractivity contribution in [2.75, 3.05) is 13.7 Å². The van der Waals surface area contributed by atoms with Crippen LogP contribution in [0, 0.1) is 12.7 Å². The van der Waals surface area contributed by atoms with E-state index in [-0.39, 0.29) is 12.4 Å². The lowest BCUT2D eigenvalue weighted by Gasteiger charge is -2.14. The minimum absolute atomic E-state index is 0.0336. The molecule has 1 aromatic heterocycles. The fraction of sp³-hybridized carbons (Fsp3) is 0.190. The van der Waals surface area contributed by atoms with Crippen LogP contribution in [0.1, 0.15) is 23.0 Å². The first kappa shape index (κ1) is 22.9. The van der Waals surface area contributed by atoms with Crippen molar-refractivity contribution in [3.8, 4) is 17.2 Å². The molecule has 0 N–H and O–H groups in total. The van der Waals surface area contributed by atoms with Gasteiger partial charge in [-0.1, -0.05) is 17.7 Å². The van der Waals surface area contributed by atoms with Crippen LogP contribution in [0.4, 0.5) is 4.39 Å². The monoisotopic (exact) mass is 462 g/mol. The van der Waals surface area contributed by atoms with Gasteiger partial charge in [-0.3, -0.25) is 4.79 Å². The van der Waals surface area contributed by atoms with Crippen LogP contribution in [-0.2, 0) is 14.9 Å². The van der Waals surface area contributed by atoms with Gasteiger partial charge in [0.25, 0.3) is 5.56 Å². The van der Waals surface area contributed by atoms with Crippen molar-refractivity contribution in [1.82, 2.24) is 9.78 Å². The van der Waals surface area contributed by atoms with Gasteiger partial charge in [0.15, 0.2) is 10.6 Å². The molecular weight excluding hydrogens is 443 g/mol. The first-order chi connectivity index (χ1) is 15.2. The molecule has 0 bridgehead atoms. The van der Waals surface area contributed by atoms with Crippen LogP contribution >= 0.6 is 0 Å². The van der Waals surface area contributed by atoms with Gasteiger partial charge in [0, 0.05) is 0 Å². The highest BCUT2D eigenvalue weighted by atomic mass is 32.2. The first-order valence-electron chi connectivity index (χ1n) is 9.33. The molecule has 0 aliphatic rings. The Labute approximate surface area is 183 Å². The quantitative estimate of drug-likeness (QED) is 0.389. The molecule has 0 spiro atoms. The molecule has 168 valence electrons. The number of hydrogen-bond acceptors (Lipinski definition) is 8. The Morgan fingerprint density at radius 2 is 1.78 bits per heavy atom. The highest BCUT2D eigenvalue weighted by Gasteiger charge is 2.28. The van der Waals surface area contributed by atoms with Crippen molar-refractivity contribution in [3.63, 3.8) is 0 Å². The Hall–Kier alpha value is -3.73. The molecule has 0 aliphatic carbocycles. The normalized spacial score (nSPS) is 11.1. The first-order valence-corrected chi connectivity index (χ1v) is 10.7. The third-order valence-corrected chi connectivity index (χ3v) is 5.50. The summed E-state index contributed by atoms with van der Waals surface area (Å²) in [6, 6.07) is 10.3. The Morgan fingerprint density at radius 3 is 2.41 bits per heavy atom. The van der Waals surface area contributed by atoms with Gasteiger partial charge in [0.05, 0.1) is 25.5 Å². The van der Waals surface area contributed by atoms with E-state index in [0.29, 0.717) is 11.8 Å². The van der Waals surface area contributed by atoms with Crippen LogP contribution in [-0.4, -0.2) is 37.9 Å². The fourth-order valence-corrected chi connectivity index (χ4v) is 3.83. The van der Waals surface area contributed by atoms with Crippen molar-refractivity contribution in [2.24, 2.45) is 0 Å². The summed E-state index contributed by atoms with van der Waals surface area (Å²) < 4.78 is 55.1. The standard InChI is InChI=1S/C21H19FN2O7S/c1-4-30-21(26)20-17(12-19(25)24(23-20)15-8-5-13(2)6-9-15)31-32(27,28)18-11-14(22)7-10-16(18)29-3/h5-12H,4H2,1-3H3. The van der Waals surface area contributed by atoms with Gasteiger partial charge in [-0.15, -0.1) is 0 Å². The third-order valence-electron chi connectivity index (χ3n) is 4.24. The van der Waals surface area contributed by atoms with Gasteiger partial charge >= 0.3 is 16.1 Å². The van der Waals surface area contributed by atoms with E-state index in [4.69, 9.17) is 13.7 Å². The molecule has 3 rings (SSSR count). The molecule has 2 aromatic carbocycles. The second-order valence-electron chi connectivity index (χ2n) is 6.50. The number of ether oxygens (including phenoxy) is 2. The zero-order chi connectivity index (χ0) is 23.5. The van der Waals surface area contributed by atoms with E-state index in [1.54, 1.807) is 31.2 Å².